The Morgan fingerprint density at radius 1 is 0.684 bits per heavy atom. The van der Waals surface area contributed by atoms with E-state index in [1.807, 2.05) is 91.0 Å². The van der Waals surface area contributed by atoms with E-state index >= 15 is 0 Å². The van der Waals surface area contributed by atoms with E-state index in [0.717, 1.165) is 16.7 Å². The molecule has 2 fully saturated rings. The van der Waals surface area contributed by atoms with Crippen LogP contribution in [-0.2, 0) is 56.9 Å². The smallest absolute Gasteiger partial charge is 0.374 e. The number of ether oxygens (including phenoxy) is 4. The van der Waals surface area contributed by atoms with E-state index in [-0.39, 0.29) is 19.8 Å². The second-order valence-electron chi connectivity index (χ2n) is 9.14. The van der Waals surface area contributed by atoms with E-state index in [2.05, 4.69) is 0 Å². The van der Waals surface area contributed by atoms with Gasteiger partial charge in [-0.05, 0) is 23.1 Å². The largest absolute Gasteiger partial charge is 0.477 e. The number of hydrogen-bond acceptors (Lipinski definition) is 8. The lowest BCUT2D eigenvalue weighted by Gasteiger charge is -2.28. The molecule has 2 aliphatic heterocycles. The summed E-state index contributed by atoms with van der Waals surface area (Å²) < 4.78 is 54.7. The van der Waals surface area contributed by atoms with Gasteiger partial charge in [0.15, 0.2) is 6.29 Å². The lowest BCUT2D eigenvalue weighted by Crippen LogP contribution is -2.39. The van der Waals surface area contributed by atoms with Crippen LogP contribution in [0.25, 0.3) is 0 Å². The standard InChI is InChI=1S/C29H33O8P/c30-38(34-17-10-18-35-38)37-29-28(33-21-25-15-8-3-9-16-25)27(32-20-24-13-6-2-7-14-24)26(36-29)22-31-19-23-11-4-1-5-12-23/h1-9,11-16,26-29H,10,17-22H2/t26-,27+,28-,29+/m1/s1. The van der Waals surface area contributed by atoms with Gasteiger partial charge in [-0.2, -0.15) is 0 Å². The summed E-state index contributed by atoms with van der Waals surface area (Å²) in [5, 5.41) is 0. The Labute approximate surface area is 223 Å². The van der Waals surface area contributed by atoms with Gasteiger partial charge < -0.3 is 18.9 Å². The Kier molecular flexibility index (Phi) is 9.73. The second-order valence-corrected chi connectivity index (χ2v) is 10.8. The zero-order chi connectivity index (χ0) is 26.0. The van der Waals surface area contributed by atoms with Crippen molar-refractivity contribution in [1.82, 2.24) is 0 Å². The third-order valence-electron chi connectivity index (χ3n) is 6.25. The molecule has 3 aromatic rings. The van der Waals surface area contributed by atoms with E-state index in [9.17, 15) is 4.57 Å². The van der Waals surface area contributed by atoms with Crippen LogP contribution in [0.1, 0.15) is 23.1 Å². The van der Waals surface area contributed by atoms with Crippen molar-refractivity contribution < 1.29 is 37.1 Å². The van der Waals surface area contributed by atoms with Crippen LogP contribution in [0.5, 0.6) is 0 Å². The maximum absolute atomic E-state index is 13.1. The van der Waals surface area contributed by atoms with E-state index in [1.54, 1.807) is 0 Å². The van der Waals surface area contributed by atoms with E-state index < -0.39 is 32.4 Å². The number of hydrogen-bond donors (Lipinski definition) is 0. The zero-order valence-corrected chi connectivity index (χ0v) is 22.0. The molecule has 2 heterocycles. The van der Waals surface area contributed by atoms with Gasteiger partial charge in [-0.25, -0.2) is 4.57 Å². The van der Waals surface area contributed by atoms with E-state index in [0.29, 0.717) is 26.2 Å². The first kappa shape index (κ1) is 27.2. The van der Waals surface area contributed by atoms with Crippen LogP contribution in [0.2, 0.25) is 0 Å². The molecule has 9 heteroatoms. The molecule has 8 nitrogen and oxygen atoms in total. The minimum absolute atomic E-state index is 0.228. The molecule has 0 saturated carbocycles. The molecule has 0 unspecified atom stereocenters. The van der Waals surface area contributed by atoms with Crippen LogP contribution in [0.3, 0.4) is 0 Å². The summed E-state index contributed by atoms with van der Waals surface area (Å²) in [6.07, 6.45) is -2.19. The normalized spacial score (nSPS) is 24.8. The summed E-state index contributed by atoms with van der Waals surface area (Å²) in [4.78, 5) is 0. The van der Waals surface area contributed by atoms with Crippen LogP contribution < -0.4 is 0 Å². The van der Waals surface area contributed by atoms with Crippen LogP contribution in [0.15, 0.2) is 91.0 Å². The van der Waals surface area contributed by atoms with Crippen molar-refractivity contribution in [3.63, 3.8) is 0 Å². The highest BCUT2D eigenvalue weighted by Gasteiger charge is 2.51. The average Bonchev–Trinajstić information content (AvgIpc) is 3.27. The summed E-state index contributed by atoms with van der Waals surface area (Å²) in [7, 11) is -3.80. The van der Waals surface area contributed by atoms with Gasteiger partial charge in [-0.1, -0.05) is 91.0 Å². The first-order valence-corrected chi connectivity index (χ1v) is 14.3. The average molecular weight is 541 g/mol. The molecule has 0 radical (unpaired) electrons. The van der Waals surface area contributed by atoms with E-state index in [1.165, 1.54) is 0 Å². The highest BCUT2D eigenvalue weighted by Crippen LogP contribution is 2.54. The van der Waals surface area contributed by atoms with Gasteiger partial charge in [-0.15, -0.1) is 0 Å². The predicted octanol–water partition coefficient (Wildman–Crippen LogP) is 5.66. The molecule has 5 rings (SSSR count). The van der Waals surface area contributed by atoms with Crippen molar-refractivity contribution >= 4 is 7.82 Å². The monoisotopic (exact) mass is 540 g/mol. The highest BCUT2D eigenvalue weighted by molar-refractivity contribution is 7.48. The Bertz CT molecular complexity index is 1140. The Balaban J connectivity index is 1.33. The molecule has 0 aliphatic carbocycles. The quantitative estimate of drug-likeness (QED) is 0.272. The number of rotatable bonds is 12. The third kappa shape index (κ3) is 7.59. The van der Waals surface area contributed by atoms with Crippen molar-refractivity contribution in [2.24, 2.45) is 0 Å². The summed E-state index contributed by atoms with van der Waals surface area (Å²) in [6, 6.07) is 29.6. The van der Waals surface area contributed by atoms with Crippen LogP contribution in [0.4, 0.5) is 0 Å². The van der Waals surface area contributed by atoms with Gasteiger partial charge in [0.2, 0.25) is 0 Å². The minimum atomic E-state index is -3.80. The highest BCUT2D eigenvalue weighted by atomic mass is 31.2. The van der Waals surface area contributed by atoms with Gasteiger partial charge in [0.1, 0.15) is 18.3 Å². The summed E-state index contributed by atoms with van der Waals surface area (Å²) >= 11 is 0. The lowest BCUT2D eigenvalue weighted by molar-refractivity contribution is -0.152. The van der Waals surface area contributed by atoms with Gasteiger partial charge in [0.05, 0.1) is 39.6 Å². The lowest BCUT2D eigenvalue weighted by atomic mass is 10.1. The van der Waals surface area contributed by atoms with Gasteiger partial charge in [0.25, 0.3) is 0 Å². The van der Waals surface area contributed by atoms with Crippen molar-refractivity contribution in [2.75, 3.05) is 19.8 Å². The van der Waals surface area contributed by atoms with Crippen LogP contribution >= 0.6 is 7.82 Å². The van der Waals surface area contributed by atoms with Crippen molar-refractivity contribution in [2.45, 2.75) is 50.8 Å². The van der Waals surface area contributed by atoms with Gasteiger partial charge in [0, 0.05) is 0 Å². The molecule has 0 amide bonds. The molecule has 0 bridgehead atoms. The van der Waals surface area contributed by atoms with Gasteiger partial charge >= 0.3 is 7.82 Å². The maximum Gasteiger partial charge on any atom is 0.477 e. The molecule has 2 saturated heterocycles. The topological polar surface area (TPSA) is 81.7 Å². The Morgan fingerprint density at radius 3 is 1.74 bits per heavy atom. The summed E-state index contributed by atoms with van der Waals surface area (Å²) in [5.41, 5.74) is 3.04. The number of phosphoric acid groups is 1. The maximum atomic E-state index is 13.1. The van der Waals surface area contributed by atoms with E-state index in [4.69, 9.17) is 32.5 Å². The van der Waals surface area contributed by atoms with Crippen molar-refractivity contribution in [3.8, 4) is 0 Å². The Hall–Kier alpha value is -2.39. The molecule has 4 atom stereocenters. The summed E-state index contributed by atoms with van der Waals surface area (Å²) in [6.45, 7) is 1.85. The predicted molar refractivity (Wildman–Crippen MR) is 140 cm³/mol. The first-order valence-electron chi connectivity index (χ1n) is 12.8. The molecule has 0 spiro atoms. The summed E-state index contributed by atoms with van der Waals surface area (Å²) in [5.74, 6) is 0. The fourth-order valence-corrected chi connectivity index (χ4v) is 5.65. The minimum Gasteiger partial charge on any atom is -0.374 e. The first-order chi connectivity index (χ1) is 18.7. The molecule has 38 heavy (non-hydrogen) atoms. The fraction of sp³-hybridized carbons (Fsp3) is 0.379. The van der Waals surface area contributed by atoms with Crippen LogP contribution in [0, 0.1) is 0 Å². The molecule has 202 valence electrons. The molecule has 3 aromatic carbocycles. The van der Waals surface area contributed by atoms with Crippen molar-refractivity contribution in [3.05, 3.63) is 108 Å². The third-order valence-corrected chi connectivity index (χ3v) is 7.72. The zero-order valence-electron chi connectivity index (χ0n) is 21.1. The molecule has 2 aliphatic rings. The molecule has 0 aromatic heterocycles. The Morgan fingerprint density at radius 2 is 1.18 bits per heavy atom. The van der Waals surface area contributed by atoms with Crippen LogP contribution in [-0.4, -0.2) is 44.4 Å². The van der Waals surface area contributed by atoms with Gasteiger partial charge in [-0.3, -0.25) is 13.6 Å². The fourth-order valence-electron chi connectivity index (χ4n) is 4.33. The second kappa shape index (κ2) is 13.6. The SMILES string of the molecule is O=P1(O[C@@H]2O[C@H](COCc3ccccc3)[C@H](OCc3ccccc3)[C@H]2OCc2ccccc2)OCCCO1. The molecule has 0 N–H and O–H groups in total. The number of benzene rings is 3. The van der Waals surface area contributed by atoms with Crippen molar-refractivity contribution in [1.29, 1.82) is 0 Å². The molecular formula is C29H33O8P. The molecular weight excluding hydrogens is 507 g/mol. The number of phosphoric ester groups is 1.